The number of hydrogen-bond donors (Lipinski definition) is 1. The molecule has 27 heavy (non-hydrogen) atoms. The van der Waals surface area contributed by atoms with E-state index in [0.29, 0.717) is 0 Å². The lowest BCUT2D eigenvalue weighted by atomic mass is 9.84. The standard InChI is InChI=1S/C23H27N3O/c1-18-3-7-21(8-4-18)23(27)11-13-25(14-12-23)16-20-15-24-26(17-20)22-9-5-19(2)6-10-22/h3-10,15,17,27H,11-14,16H2,1-2H3. The summed E-state index contributed by atoms with van der Waals surface area (Å²) < 4.78 is 1.93. The first kappa shape index (κ1) is 18.0. The normalized spacial score (nSPS) is 17.1. The first-order valence-electron chi connectivity index (χ1n) is 9.64. The van der Waals surface area contributed by atoms with Crippen molar-refractivity contribution in [1.82, 2.24) is 14.7 Å². The molecule has 2 aromatic carbocycles. The van der Waals surface area contributed by atoms with E-state index < -0.39 is 5.60 Å². The minimum absolute atomic E-state index is 0.698. The molecule has 1 saturated heterocycles. The van der Waals surface area contributed by atoms with Crippen LogP contribution in [0.2, 0.25) is 0 Å². The number of aromatic nitrogens is 2. The minimum atomic E-state index is -0.698. The van der Waals surface area contributed by atoms with Crippen molar-refractivity contribution in [2.45, 2.75) is 38.8 Å². The number of rotatable bonds is 4. The van der Waals surface area contributed by atoms with Crippen molar-refractivity contribution in [1.29, 1.82) is 0 Å². The third-order valence-corrected chi connectivity index (χ3v) is 5.61. The van der Waals surface area contributed by atoms with Crippen molar-refractivity contribution in [3.8, 4) is 5.69 Å². The van der Waals surface area contributed by atoms with Crippen LogP contribution in [0.3, 0.4) is 0 Å². The summed E-state index contributed by atoms with van der Waals surface area (Å²) >= 11 is 0. The van der Waals surface area contributed by atoms with E-state index in [1.165, 1.54) is 16.7 Å². The van der Waals surface area contributed by atoms with Crippen molar-refractivity contribution in [2.75, 3.05) is 13.1 Å². The number of likely N-dealkylation sites (tertiary alicyclic amines) is 1. The maximum Gasteiger partial charge on any atom is 0.0920 e. The lowest BCUT2D eigenvalue weighted by molar-refractivity contribution is -0.0277. The fourth-order valence-corrected chi connectivity index (χ4v) is 3.77. The largest absolute Gasteiger partial charge is 0.385 e. The maximum atomic E-state index is 11.0. The summed E-state index contributed by atoms with van der Waals surface area (Å²) in [6.07, 6.45) is 5.58. The predicted octanol–water partition coefficient (Wildman–Crippen LogP) is 3.97. The second-order valence-electron chi connectivity index (χ2n) is 7.80. The fraction of sp³-hybridized carbons (Fsp3) is 0.348. The Bertz CT molecular complexity index is 888. The van der Waals surface area contributed by atoms with Crippen LogP contribution in [0.5, 0.6) is 0 Å². The zero-order valence-electron chi connectivity index (χ0n) is 16.1. The molecule has 4 nitrogen and oxygen atoms in total. The number of hydrogen-bond acceptors (Lipinski definition) is 3. The van der Waals surface area contributed by atoms with Crippen LogP contribution < -0.4 is 0 Å². The Balaban J connectivity index is 1.38. The Morgan fingerprint density at radius 2 is 1.52 bits per heavy atom. The highest BCUT2D eigenvalue weighted by atomic mass is 16.3. The monoisotopic (exact) mass is 361 g/mol. The molecule has 0 bridgehead atoms. The second kappa shape index (κ2) is 7.29. The highest BCUT2D eigenvalue weighted by Crippen LogP contribution is 2.33. The van der Waals surface area contributed by atoms with Crippen LogP contribution >= 0.6 is 0 Å². The van der Waals surface area contributed by atoms with Crippen LogP contribution in [0, 0.1) is 13.8 Å². The molecule has 0 radical (unpaired) electrons. The number of benzene rings is 2. The van der Waals surface area contributed by atoms with Crippen LogP contribution in [0.25, 0.3) is 5.69 Å². The minimum Gasteiger partial charge on any atom is -0.385 e. The molecule has 0 amide bonds. The van der Waals surface area contributed by atoms with E-state index in [0.717, 1.165) is 43.7 Å². The SMILES string of the molecule is Cc1ccc(-n2cc(CN3CCC(O)(c4ccc(C)cc4)CC3)cn2)cc1. The van der Waals surface area contributed by atoms with Gasteiger partial charge in [0, 0.05) is 31.4 Å². The van der Waals surface area contributed by atoms with E-state index in [2.05, 4.69) is 78.6 Å². The summed E-state index contributed by atoms with van der Waals surface area (Å²) in [5.41, 5.74) is 5.11. The van der Waals surface area contributed by atoms with E-state index >= 15 is 0 Å². The molecule has 140 valence electrons. The molecule has 0 spiro atoms. The molecule has 4 rings (SSSR count). The van der Waals surface area contributed by atoms with E-state index in [9.17, 15) is 5.11 Å². The van der Waals surface area contributed by atoms with Gasteiger partial charge in [-0.1, -0.05) is 47.5 Å². The molecule has 0 atom stereocenters. The van der Waals surface area contributed by atoms with E-state index in [1.54, 1.807) is 0 Å². The molecule has 1 fully saturated rings. The van der Waals surface area contributed by atoms with Crippen LogP contribution in [0.15, 0.2) is 60.9 Å². The van der Waals surface area contributed by atoms with Gasteiger partial charge in [0.1, 0.15) is 0 Å². The first-order valence-corrected chi connectivity index (χ1v) is 9.64. The molecule has 2 heterocycles. The summed E-state index contributed by atoms with van der Waals surface area (Å²) in [4.78, 5) is 2.40. The molecule has 1 N–H and O–H groups in total. The zero-order chi connectivity index (χ0) is 18.9. The molecule has 0 aliphatic carbocycles. The van der Waals surface area contributed by atoms with Gasteiger partial charge in [-0.3, -0.25) is 4.90 Å². The molecule has 3 aromatic rings. The van der Waals surface area contributed by atoms with Gasteiger partial charge in [-0.25, -0.2) is 4.68 Å². The van der Waals surface area contributed by atoms with Crippen LogP contribution in [0.4, 0.5) is 0 Å². The van der Waals surface area contributed by atoms with Crippen molar-refractivity contribution >= 4 is 0 Å². The summed E-state index contributed by atoms with van der Waals surface area (Å²) in [5.74, 6) is 0. The van der Waals surface area contributed by atoms with Gasteiger partial charge in [0.2, 0.25) is 0 Å². The molecule has 0 saturated carbocycles. The molecule has 1 aliphatic heterocycles. The summed E-state index contributed by atoms with van der Waals surface area (Å²) in [7, 11) is 0. The van der Waals surface area contributed by atoms with E-state index in [1.807, 2.05) is 10.9 Å². The molecular formula is C23H27N3O. The second-order valence-corrected chi connectivity index (χ2v) is 7.80. The van der Waals surface area contributed by atoms with Gasteiger partial charge in [0.05, 0.1) is 17.5 Å². The lowest BCUT2D eigenvalue weighted by Gasteiger charge is -2.38. The Labute approximate surface area is 161 Å². The molecular weight excluding hydrogens is 334 g/mol. The number of nitrogens with zero attached hydrogens (tertiary/aromatic N) is 3. The van der Waals surface area contributed by atoms with Gasteiger partial charge < -0.3 is 5.11 Å². The topological polar surface area (TPSA) is 41.3 Å². The van der Waals surface area contributed by atoms with Crippen LogP contribution in [-0.2, 0) is 12.1 Å². The third kappa shape index (κ3) is 3.97. The van der Waals surface area contributed by atoms with E-state index in [4.69, 9.17) is 0 Å². The highest BCUT2D eigenvalue weighted by Gasteiger charge is 2.33. The van der Waals surface area contributed by atoms with Gasteiger partial charge in [-0.15, -0.1) is 0 Å². The third-order valence-electron chi connectivity index (χ3n) is 5.61. The smallest absolute Gasteiger partial charge is 0.0920 e. The summed E-state index contributed by atoms with van der Waals surface area (Å²) in [6.45, 7) is 6.82. The molecule has 1 aromatic heterocycles. The van der Waals surface area contributed by atoms with Crippen molar-refractivity contribution < 1.29 is 5.11 Å². The Morgan fingerprint density at radius 3 is 2.15 bits per heavy atom. The molecule has 0 unspecified atom stereocenters. The molecule has 4 heteroatoms. The van der Waals surface area contributed by atoms with Crippen molar-refractivity contribution in [2.24, 2.45) is 0 Å². The Morgan fingerprint density at radius 1 is 0.926 bits per heavy atom. The van der Waals surface area contributed by atoms with Gasteiger partial charge in [0.15, 0.2) is 0 Å². The Kier molecular flexibility index (Phi) is 4.85. The van der Waals surface area contributed by atoms with Gasteiger partial charge in [-0.05, 0) is 44.4 Å². The van der Waals surface area contributed by atoms with Crippen LogP contribution in [-0.4, -0.2) is 32.9 Å². The molecule has 1 aliphatic rings. The quantitative estimate of drug-likeness (QED) is 0.764. The Hall–Kier alpha value is -2.43. The summed E-state index contributed by atoms with van der Waals surface area (Å²) in [6, 6.07) is 16.7. The van der Waals surface area contributed by atoms with Gasteiger partial charge in [0.25, 0.3) is 0 Å². The predicted molar refractivity (Wildman–Crippen MR) is 108 cm³/mol. The van der Waals surface area contributed by atoms with Crippen molar-refractivity contribution in [3.05, 3.63) is 83.2 Å². The number of piperidine rings is 1. The van der Waals surface area contributed by atoms with Gasteiger partial charge in [-0.2, -0.15) is 5.10 Å². The first-order chi connectivity index (χ1) is 13.0. The average Bonchev–Trinajstić information content (AvgIpc) is 3.13. The fourth-order valence-electron chi connectivity index (χ4n) is 3.77. The number of aliphatic hydroxyl groups is 1. The van der Waals surface area contributed by atoms with Crippen LogP contribution in [0.1, 0.15) is 35.1 Å². The zero-order valence-corrected chi connectivity index (χ0v) is 16.1. The maximum absolute atomic E-state index is 11.0. The summed E-state index contributed by atoms with van der Waals surface area (Å²) in [5, 5.41) is 15.6. The van der Waals surface area contributed by atoms with E-state index in [-0.39, 0.29) is 0 Å². The highest BCUT2D eigenvalue weighted by molar-refractivity contribution is 5.34. The average molecular weight is 361 g/mol. The number of aryl methyl sites for hydroxylation is 2. The van der Waals surface area contributed by atoms with Crippen molar-refractivity contribution in [3.63, 3.8) is 0 Å². The van der Waals surface area contributed by atoms with Gasteiger partial charge >= 0.3 is 0 Å². The lowest BCUT2D eigenvalue weighted by Crippen LogP contribution is -2.42.